The van der Waals surface area contributed by atoms with E-state index in [1.165, 1.54) is 0 Å². The number of hydrogen-bond acceptors (Lipinski definition) is 6. The Balaban J connectivity index is 2.24. The summed E-state index contributed by atoms with van der Waals surface area (Å²) in [7, 11) is 3.79. The summed E-state index contributed by atoms with van der Waals surface area (Å²) < 4.78 is 1.75. The quantitative estimate of drug-likeness (QED) is 0.746. The van der Waals surface area contributed by atoms with Gasteiger partial charge in [-0.25, -0.2) is 4.98 Å². The van der Waals surface area contributed by atoms with E-state index in [-0.39, 0.29) is 0 Å². The smallest absolute Gasteiger partial charge is 0.225 e. The lowest BCUT2D eigenvalue weighted by Gasteiger charge is -2.21. The zero-order valence-corrected chi connectivity index (χ0v) is 13.3. The SMILES string of the molecule is CCN(C)c1nc(NCc2cnn(C)c2)nc(C)c1NC=O. The highest BCUT2D eigenvalue weighted by molar-refractivity contribution is 5.81. The zero-order chi connectivity index (χ0) is 16.1. The summed E-state index contributed by atoms with van der Waals surface area (Å²) in [6.07, 6.45) is 4.37. The van der Waals surface area contributed by atoms with Gasteiger partial charge in [0.15, 0.2) is 5.82 Å². The molecule has 0 saturated carbocycles. The Kier molecular flexibility index (Phi) is 4.92. The number of aryl methyl sites for hydroxylation is 2. The van der Waals surface area contributed by atoms with E-state index in [1.54, 1.807) is 10.9 Å². The van der Waals surface area contributed by atoms with E-state index in [1.807, 2.05) is 39.0 Å². The molecule has 0 aliphatic carbocycles. The number of nitrogens with zero attached hydrogens (tertiary/aromatic N) is 5. The minimum Gasteiger partial charge on any atom is -0.358 e. The van der Waals surface area contributed by atoms with Crippen LogP contribution in [0.3, 0.4) is 0 Å². The van der Waals surface area contributed by atoms with E-state index >= 15 is 0 Å². The van der Waals surface area contributed by atoms with Crippen LogP contribution in [0.5, 0.6) is 0 Å². The van der Waals surface area contributed by atoms with E-state index in [4.69, 9.17) is 0 Å². The molecule has 0 spiro atoms. The maximum Gasteiger partial charge on any atom is 0.225 e. The molecule has 0 aliphatic heterocycles. The van der Waals surface area contributed by atoms with Gasteiger partial charge < -0.3 is 15.5 Å². The summed E-state index contributed by atoms with van der Waals surface area (Å²) in [5.74, 6) is 1.21. The molecule has 0 aliphatic rings. The molecule has 2 aromatic rings. The van der Waals surface area contributed by atoms with Gasteiger partial charge in [-0.3, -0.25) is 9.48 Å². The van der Waals surface area contributed by atoms with Gasteiger partial charge in [0.2, 0.25) is 12.4 Å². The van der Waals surface area contributed by atoms with E-state index in [9.17, 15) is 4.79 Å². The average Bonchev–Trinajstić information content (AvgIpc) is 2.92. The molecule has 0 fully saturated rings. The maximum atomic E-state index is 10.8. The Labute approximate surface area is 129 Å². The second-order valence-corrected chi connectivity index (χ2v) is 4.98. The molecule has 2 N–H and O–H groups in total. The Morgan fingerprint density at radius 3 is 2.77 bits per heavy atom. The summed E-state index contributed by atoms with van der Waals surface area (Å²) in [6.45, 7) is 5.22. The van der Waals surface area contributed by atoms with Gasteiger partial charge in [0.25, 0.3) is 0 Å². The second kappa shape index (κ2) is 6.88. The van der Waals surface area contributed by atoms with Crippen LogP contribution in [0.1, 0.15) is 18.2 Å². The Morgan fingerprint density at radius 1 is 1.41 bits per heavy atom. The molecule has 2 aromatic heterocycles. The number of hydrogen-bond donors (Lipinski definition) is 2. The van der Waals surface area contributed by atoms with Crippen LogP contribution in [-0.4, -0.2) is 39.8 Å². The Bertz CT molecular complexity index is 653. The Hall–Kier alpha value is -2.64. The van der Waals surface area contributed by atoms with Crippen molar-refractivity contribution in [3.63, 3.8) is 0 Å². The second-order valence-electron chi connectivity index (χ2n) is 4.98. The van der Waals surface area contributed by atoms with Crippen LogP contribution >= 0.6 is 0 Å². The van der Waals surface area contributed by atoms with Gasteiger partial charge in [0.05, 0.1) is 11.9 Å². The first kappa shape index (κ1) is 15.7. The molecule has 0 aromatic carbocycles. The minimum absolute atomic E-state index is 0.521. The fraction of sp³-hybridized carbons (Fsp3) is 0.429. The van der Waals surface area contributed by atoms with Crippen LogP contribution in [0.4, 0.5) is 17.5 Å². The van der Waals surface area contributed by atoms with Crippen molar-refractivity contribution in [2.45, 2.75) is 20.4 Å². The fourth-order valence-corrected chi connectivity index (χ4v) is 2.04. The fourth-order valence-electron chi connectivity index (χ4n) is 2.04. The lowest BCUT2D eigenvalue weighted by Crippen LogP contribution is -2.21. The summed E-state index contributed by atoms with van der Waals surface area (Å²) in [5.41, 5.74) is 2.39. The van der Waals surface area contributed by atoms with Crippen molar-refractivity contribution in [2.75, 3.05) is 29.1 Å². The largest absolute Gasteiger partial charge is 0.358 e. The first-order valence-electron chi connectivity index (χ1n) is 7.06. The topological polar surface area (TPSA) is 88.0 Å². The number of carbonyl (C=O) groups excluding carboxylic acids is 1. The van der Waals surface area contributed by atoms with E-state index < -0.39 is 0 Å². The minimum atomic E-state index is 0.521. The van der Waals surface area contributed by atoms with Crippen LogP contribution in [0.2, 0.25) is 0 Å². The van der Waals surface area contributed by atoms with Gasteiger partial charge >= 0.3 is 0 Å². The molecule has 0 radical (unpaired) electrons. The highest BCUT2D eigenvalue weighted by Crippen LogP contribution is 2.26. The first-order valence-corrected chi connectivity index (χ1v) is 7.06. The van der Waals surface area contributed by atoms with Crippen molar-refractivity contribution in [1.82, 2.24) is 19.7 Å². The van der Waals surface area contributed by atoms with Gasteiger partial charge in [-0.15, -0.1) is 0 Å². The molecule has 0 saturated heterocycles. The standard InChI is InChI=1S/C14H21N7O/c1-5-20(3)13-12(16-9-22)10(2)18-14(19-13)15-6-11-7-17-21(4)8-11/h7-9H,5-6H2,1-4H3,(H,16,22)(H,15,18,19). The monoisotopic (exact) mass is 303 g/mol. The van der Waals surface area contributed by atoms with Crippen molar-refractivity contribution in [3.05, 3.63) is 23.7 Å². The predicted molar refractivity (Wildman–Crippen MR) is 85.9 cm³/mol. The molecule has 1 amide bonds. The Morgan fingerprint density at radius 2 is 2.18 bits per heavy atom. The van der Waals surface area contributed by atoms with Crippen LogP contribution in [0.25, 0.3) is 0 Å². The zero-order valence-electron chi connectivity index (χ0n) is 13.3. The molecular weight excluding hydrogens is 282 g/mol. The third kappa shape index (κ3) is 3.51. The molecule has 8 heteroatoms. The van der Waals surface area contributed by atoms with Crippen LogP contribution in [-0.2, 0) is 18.4 Å². The summed E-state index contributed by atoms with van der Waals surface area (Å²) in [5, 5.41) is 9.98. The lowest BCUT2D eigenvalue weighted by molar-refractivity contribution is -0.105. The van der Waals surface area contributed by atoms with Gasteiger partial charge in [0, 0.05) is 38.9 Å². The number of rotatable bonds is 7. The number of carbonyl (C=O) groups is 1. The third-order valence-corrected chi connectivity index (χ3v) is 3.32. The number of amides is 1. The van der Waals surface area contributed by atoms with Crippen LogP contribution in [0, 0.1) is 6.92 Å². The number of nitrogens with one attached hydrogen (secondary N) is 2. The normalized spacial score (nSPS) is 10.4. The summed E-state index contributed by atoms with van der Waals surface area (Å²) >= 11 is 0. The molecule has 118 valence electrons. The van der Waals surface area contributed by atoms with Crippen molar-refractivity contribution in [2.24, 2.45) is 7.05 Å². The van der Waals surface area contributed by atoms with Crippen LogP contribution < -0.4 is 15.5 Å². The van der Waals surface area contributed by atoms with Gasteiger partial charge in [-0.1, -0.05) is 0 Å². The lowest BCUT2D eigenvalue weighted by atomic mass is 10.3. The molecule has 2 rings (SSSR count). The molecule has 2 heterocycles. The van der Waals surface area contributed by atoms with Crippen molar-refractivity contribution in [3.8, 4) is 0 Å². The first-order chi connectivity index (χ1) is 10.5. The van der Waals surface area contributed by atoms with E-state index in [0.29, 0.717) is 36.1 Å². The van der Waals surface area contributed by atoms with Gasteiger partial charge in [-0.2, -0.15) is 10.1 Å². The van der Waals surface area contributed by atoms with Crippen LogP contribution in [0.15, 0.2) is 12.4 Å². The molecular formula is C14H21N7O. The molecule has 0 unspecified atom stereocenters. The van der Waals surface area contributed by atoms with E-state index in [2.05, 4.69) is 25.7 Å². The highest BCUT2D eigenvalue weighted by Gasteiger charge is 2.14. The maximum absolute atomic E-state index is 10.8. The van der Waals surface area contributed by atoms with Gasteiger partial charge in [0.1, 0.15) is 5.69 Å². The average molecular weight is 303 g/mol. The summed E-state index contributed by atoms with van der Waals surface area (Å²) in [6, 6.07) is 0. The number of aromatic nitrogens is 4. The van der Waals surface area contributed by atoms with Gasteiger partial charge in [-0.05, 0) is 13.8 Å². The van der Waals surface area contributed by atoms with Crippen molar-refractivity contribution in [1.29, 1.82) is 0 Å². The highest BCUT2D eigenvalue weighted by atomic mass is 16.1. The van der Waals surface area contributed by atoms with E-state index in [0.717, 1.165) is 12.1 Å². The summed E-state index contributed by atoms with van der Waals surface area (Å²) in [4.78, 5) is 21.6. The molecule has 0 atom stereocenters. The van der Waals surface area contributed by atoms with Crippen molar-refractivity contribution >= 4 is 23.9 Å². The molecule has 8 nitrogen and oxygen atoms in total. The van der Waals surface area contributed by atoms with Crippen molar-refractivity contribution < 1.29 is 4.79 Å². The molecule has 22 heavy (non-hydrogen) atoms. The molecule has 0 bridgehead atoms. The third-order valence-electron chi connectivity index (χ3n) is 3.32. The predicted octanol–water partition coefficient (Wildman–Crippen LogP) is 1.16. The number of anilines is 3.